The van der Waals surface area contributed by atoms with Crippen LogP contribution in [0.15, 0.2) is 24.5 Å². The molecule has 2 amide bonds. The lowest BCUT2D eigenvalue weighted by molar-refractivity contribution is -0.131. The van der Waals surface area contributed by atoms with Crippen LogP contribution >= 0.6 is 0 Å². The van der Waals surface area contributed by atoms with Crippen molar-refractivity contribution >= 4 is 11.8 Å². The third-order valence-corrected chi connectivity index (χ3v) is 6.50. The summed E-state index contributed by atoms with van der Waals surface area (Å²) in [4.78, 5) is 35.6. The second kappa shape index (κ2) is 9.22. The summed E-state index contributed by atoms with van der Waals surface area (Å²) in [6.07, 6.45) is 8.50. The number of likely N-dealkylation sites (N-methyl/N-ethyl adjacent to an activating group) is 1. The van der Waals surface area contributed by atoms with Crippen LogP contribution in [0.2, 0.25) is 0 Å². The van der Waals surface area contributed by atoms with Crippen LogP contribution in [0.25, 0.3) is 0 Å². The van der Waals surface area contributed by atoms with Crippen LogP contribution in [0, 0.1) is 5.92 Å². The molecule has 0 radical (unpaired) electrons. The first-order chi connectivity index (χ1) is 14.1. The molecule has 2 aliphatic heterocycles. The van der Waals surface area contributed by atoms with E-state index >= 15 is 0 Å². The van der Waals surface area contributed by atoms with Crippen LogP contribution in [-0.2, 0) is 9.53 Å². The van der Waals surface area contributed by atoms with Gasteiger partial charge in [0.05, 0.1) is 0 Å². The molecule has 1 aliphatic carbocycles. The lowest BCUT2D eigenvalue weighted by Crippen LogP contribution is -2.50. The maximum absolute atomic E-state index is 12.7. The Labute approximate surface area is 173 Å². The first kappa shape index (κ1) is 20.3. The largest absolute Gasteiger partial charge is 0.381 e. The van der Waals surface area contributed by atoms with Gasteiger partial charge in [0.2, 0.25) is 5.91 Å². The minimum absolute atomic E-state index is 0.0243. The van der Waals surface area contributed by atoms with Gasteiger partial charge >= 0.3 is 0 Å². The summed E-state index contributed by atoms with van der Waals surface area (Å²) in [5, 5.41) is 0. The summed E-state index contributed by atoms with van der Waals surface area (Å²) in [5.74, 6) is 0.662. The number of nitrogens with zero attached hydrogens (tertiary/aromatic N) is 4. The van der Waals surface area contributed by atoms with Gasteiger partial charge in [-0.2, -0.15) is 0 Å². The molecule has 1 aromatic rings. The Morgan fingerprint density at radius 1 is 1.07 bits per heavy atom. The van der Waals surface area contributed by atoms with E-state index in [0.29, 0.717) is 30.1 Å². The minimum Gasteiger partial charge on any atom is -0.381 e. The molecule has 1 unspecified atom stereocenters. The van der Waals surface area contributed by atoms with Gasteiger partial charge in [-0.3, -0.25) is 19.5 Å². The normalized spacial score (nSPS) is 22.8. The van der Waals surface area contributed by atoms with Crippen molar-refractivity contribution in [2.45, 2.75) is 44.2 Å². The summed E-state index contributed by atoms with van der Waals surface area (Å²) in [7, 11) is 1.86. The summed E-state index contributed by atoms with van der Waals surface area (Å²) in [6.45, 7) is 4.79. The topological polar surface area (TPSA) is 66.0 Å². The molecule has 3 fully saturated rings. The third-order valence-electron chi connectivity index (χ3n) is 6.50. The van der Waals surface area contributed by atoms with Crippen molar-refractivity contribution in [3.05, 3.63) is 30.1 Å². The SMILES string of the molecule is CN(CCN(C1CCOCC1)C1CCN(C(=O)C2CC2)C1)C(=O)c1ccncc1. The highest BCUT2D eigenvalue weighted by Crippen LogP contribution is 2.33. The Balaban J connectivity index is 1.38. The molecule has 0 spiro atoms. The summed E-state index contributed by atoms with van der Waals surface area (Å²) in [5.41, 5.74) is 0.669. The number of carbonyl (C=O) groups excluding carboxylic acids is 2. The molecule has 0 bridgehead atoms. The average Bonchev–Trinajstić information content (AvgIpc) is 3.51. The van der Waals surface area contributed by atoms with Gasteiger partial charge in [0.1, 0.15) is 0 Å². The quantitative estimate of drug-likeness (QED) is 0.696. The van der Waals surface area contributed by atoms with Crippen LogP contribution < -0.4 is 0 Å². The first-order valence-electron chi connectivity index (χ1n) is 10.9. The molecule has 3 aliphatic rings. The molecule has 3 heterocycles. The van der Waals surface area contributed by atoms with Gasteiger partial charge < -0.3 is 14.5 Å². The van der Waals surface area contributed by atoms with Crippen molar-refractivity contribution in [1.29, 1.82) is 0 Å². The molecule has 4 rings (SSSR count). The highest BCUT2D eigenvalue weighted by molar-refractivity contribution is 5.93. The first-order valence-corrected chi connectivity index (χ1v) is 10.9. The Hall–Kier alpha value is -1.99. The number of pyridine rings is 1. The van der Waals surface area contributed by atoms with Crippen molar-refractivity contribution in [2.24, 2.45) is 5.92 Å². The Morgan fingerprint density at radius 2 is 1.79 bits per heavy atom. The van der Waals surface area contributed by atoms with E-state index in [9.17, 15) is 9.59 Å². The van der Waals surface area contributed by atoms with E-state index in [1.807, 2.05) is 7.05 Å². The van der Waals surface area contributed by atoms with Gasteiger partial charge in [-0.1, -0.05) is 0 Å². The summed E-state index contributed by atoms with van der Waals surface area (Å²) in [6, 6.07) is 4.36. The predicted molar refractivity (Wildman–Crippen MR) is 109 cm³/mol. The van der Waals surface area contributed by atoms with E-state index in [1.165, 1.54) is 0 Å². The van der Waals surface area contributed by atoms with Crippen LogP contribution in [0.1, 0.15) is 42.5 Å². The maximum atomic E-state index is 12.7. The number of carbonyl (C=O) groups is 2. The Kier molecular flexibility index (Phi) is 6.45. The van der Waals surface area contributed by atoms with Crippen LogP contribution in [0.3, 0.4) is 0 Å². The monoisotopic (exact) mass is 400 g/mol. The van der Waals surface area contributed by atoms with E-state index in [2.05, 4.69) is 14.8 Å². The third kappa shape index (κ3) is 4.95. The molecular weight excluding hydrogens is 368 g/mol. The molecule has 0 aromatic carbocycles. The van der Waals surface area contributed by atoms with Gasteiger partial charge in [-0.05, 0) is 44.2 Å². The van der Waals surface area contributed by atoms with Crippen molar-refractivity contribution in [1.82, 2.24) is 19.7 Å². The number of hydrogen-bond acceptors (Lipinski definition) is 5. The highest BCUT2D eigenvalue weighted by Gasteiger charge is 2.39. The fraction of sp³-hybridized carbons (Fsp3) is 0.682. The van der Waals surface area contributed by atoms with Gasteiger partial charge in [-0.25, -0.2) is 0 Å². The lowest BCUT2D eigenvalue weighted by atomic mass is 10.0. The highest BCUT2D eigenvalue weighted by atomic mass is 16.5. The molecule has 1 atom stereocenters. The van der Waals surface area contributed by atoms with Gasteiger partial charge in [0.25, 0.3) is 5.91 Å². The molecule has 2 saturated heterocycles. The summed E-state index contributed by atoms with van der Waals surface area (Å²) < 4.78 is 5.57. The van der Waals surface area contributed by atoms with E-state index in [4.69, 9.17) is 4.74 Å². The fourth-order valence-corrected chi connectivity index (χ4v) is 4.56. The number of amides is 2. The van der Waals surface area contributed by atoms with Crippen molar-refractivity contribution in [3.63, 3.8) is 0 Å². The molecule has 0 N–H and O–H groups in total. The average molecular weight is 401 g/mol. The van der Waals surface area contributed by atoms with Crippen molar-refractivity contribution in [2.75, 3.05) is 46.4 Å². The number of ether oxygens (including phenoxy) is 1. The lowest BCUT2D eigenvalue weighted by Gasteiger charge is -2.39. The minimum atomic E-state index is 0.0243. The maximum Gasteiger partial charge on any atom is 0.253 e. The zero-order valence-corrected chi connectivity index (χ0v) is 17.3. The predicted octanol–water partition coefficient (Wildman–Crippen LogP) is 1.65. The zero-order chi connectivity index (χ0) is 20.2. The number of rotatable bonds is 7. The van der Waals surface area contributed by atoms with E-state index in [0.717, 1.165) is 65.0 Å². The van der Waals surface area contributed by atoms with Crippen LogP contribution in [0.5, 0.6) is 0 Å². The van der Waals surface area contributed by atoms with Gasteiger partial charge in [0, 0.05) is 82.4 Å². The standard InChI is InChI=1S/C22H32N4O3/c1-24(21(27)18-4-9-23-10-5-18)12-13-26(19-7-14-29-15-8-19)20-6-11-25(16-20)22(28)17-2-3-17/h4-5,9-10,17,19-20H,2-3,6-8,11-16H2,1H3. The van der Waals surface area contributed by atoms with Crippen LogP contribution in [0.4, 0.5) is 0 Å². The Morgan fingerprint density at radius 3 is 2.48 bits per heavy atom. The smallest absolute Gasteiger partial charge is 0.253 e. The Bertz CT molecular complexity index is 703. The zero-order valence-electron chi connectivity index (χ0n) is 17.3. The van der Waals surface area contributed by atoms with E-state index < -0.39 is 0 Å². The number of hydrogen-bond donors (Lipinski definition) is 0. The van der Waals surface area contributed by atoms with Gasteiger partial charge in [0.15, 0.2) is 0 Å². The number of aromatic nitrogens is 1. The summed E-state index contributed by atoms with van der Waals surface area (Å²) >= 11 is 0. The fourth-order valence-electron chi connectivity index (χ4n) is 4.56. The number of likely N-dealkylation sites (tertiary alicyclic amines) is 1. The molecule has 1 saturated carbocycles. The van der Waals surface area contributed by atoms with Crippen molar-refractivity contribution < 1.29 is 14.3 Å². The molecule has 1 aromatic heterocycles. The van der Waals surface area contributed by atoms with Gasteiger partial charge in [-0.15, -0.1) is 0 Å². The second-order valence-electron chi connectivity index (χ2n) is 8.54. The second-order valence-corrected chi connectivity index (χ2v) is 8.54. The van der Waals surface area contributed by atoms with E-state index in [-0.39, 0.29) is 11.8 Å². The molecule has 7 nitrogen and oxygen atoms in total. The molecule has 158 valence electrons. The van der Waals surface area contributed by atoms with Crippen molar-refractivity contribution in [3.8, 4) is 0 Å². The molecular formula is C22H32N4O3. The molecule has 29 heavy (non-hydrogen) atoms. The van der Waals surface area contributed by atoms with Crippen LogP contribution in [-0.4, -0.2) is 90.0 Å². The van der Waals surface area contributed by atoms with E-state index in [1.54, 1.807) is 29.4 Å². The molecule has 7 heteroatoms.